The molecule has 0 aliphatic carbocycles. The molecule has 2 aliphatic heterocycles. The van der Waals surface area contributed by atoms with Crippen molar-refractivity contribution < 1.29 is 9.90 Å². The van der Waals surface area contributed by atoms with Crippen molar-refractivity contribution in [2.24, 2.45) is 0 Å². The number of H-pyrrole nitrogens is 1. The van der Waals surface area contributed by atoms with Crippen molar-refractivity contribution in [3.8, 4) is 0 Å². The average molecular weight is 279 g/mol. The second-order valence-electron chi connectivity index (χ2n) is 5.31. The molecule has 7 nitrogen and oxygen atoms in total. The smallest absolute Gasteiger partial charge is 0.274 e. The van der Waals surface area contributed by atoms with Crippen LogP contribution in [0.5, 0.6) is 0 Å². The first-order valence-corrected chi connectivity index (χ1v) is 7.19. The Bertz CT molecular complexity index is 479. The standard InChI is InChI=1S/C13H21N5O2/c19-8-7-17-3-5-18(6-4-17)13(20)12-10-9-14-2-1-11(10)15-16-12/h14,19H,1-9H2,(H,15,16). The second-order valence-corrected chi connectivity index (χ2v) is 5.31. The number of amides is 1. The molecule has 20 heavy (non-hydrogen) atoms. The first-order valence-electron chi connectivity index (χ1n) is 7.19. The van der Waals surface area contributed by atoms with E-state index >= 15 is 0 Å². The minimum absolute atomic E-state index is 0.0230. The fourth-order valence-corrected chi connectivity index (χ4v) is 2.87. The molecule has 110 valence electrons. The van der Waals surface area contributed by atoms with Crippen LogP contribution in [0.2, 0.25) is 0 Å². The number of aliphatic hydroxyl groups excluding tert-OH is 1. The Morgan fingerprint density at radius 2 is 2.10 bits per heavy atom. The van der Waals surface area contributed by atoms with E-state index in [0.717, 1.165) is 43.9 Å². The van der Waals surface area contributed by atoms with Crippen LogP contribution in [0.4, 0.5) is 0 Å². The van der Waals surface area contributed by atoms with E-state index in [2.05, 4.69) is 20.4 Å². The molecule has 1 saturated heterocycles. The predicted molar refractivity (Wildman–Crippen MR) is 73.4 cm³/mol. The van der Waals surface area contributed by atoms with Crippen LogP contribution in [0.25, 0.3) is 0 Å². The first kappa shape index (κ1) is 13.5. The van der Waals surface area contributed by atoms with Gasteiger partial charge in [0.1, 0.15) is 0 Å². The maximum atomic E-state index is 12.5. The quantitative estimate of drug-likeness (QED) is 0.647. The van der Waals surface area contributed by atoms with Crippen LogP contribution in [0.15, 0.2) is 0 Å². The number of carbonyl (C=O) groups excluding carboxylic acids is 1. The SMILES string of the molecule is O=C(c1n[nH]c2c1CNCC2)N1CCN(CCO)CC1. The molecule has 1 amide bonds. The molecule has 0 spiro atoms. The molecule has 0 radical (unpaired) electrons. The number of carbonyl (C=O) groups is 1. The molecule has 0 aromatic carbocycles. The summed E-state index contributed by atoms with van der Waals surface area (Å²) in [5, 5.41) is 19.4. The third-order valence-corrected chi connectivity index (χ3v) is 4.08. The summed E-state index contributed by atoms with van der Waals surface area (Å²) in [7, 11) is 0. The summed E-state index contributed by atoms with van der Waals surface area (Å²) in [6, 6.07) is 0. The van der Waals surface area contributed by atoms with Gasteiger partial charge in [-0.2, -0.15) is 5.10 Å². The van der Waals surface area contributed by atoms with E-state index in [9.17, 15) is 4.79 Å². The van der Waals surface area contributed by atoms with Crippen LogP contribution in [0, 0.1) is 0 Å². The maximum absolute atomic E-state index is 12.5. The lowest BCUT2D eigenvalue weighted by Gasteiger charge is -2.34. The van der Waals surface area contributed by atoms with Crippen molar-refractivity contribution in [3.63, 3.8) is 0 Å². The number of fused-ring (bicyclic) bond motifs is 1. The molecule has 3 heterocycles. The van der Waals surface area contributed by atoms with Gasteiger partial charge in [-0.3, -0.25) is 14.8 Å². The zero-order valence-electron chi connectivity index (χ0n) is 11.6. The highest BCUT2D eigenvalue weighted by Gasteiger charge is 2.27. The van der Waals surface area contributed by atoms with Crippen LogP contribution >= 0.6 is 0 Å². The monoisotopic (exact) mass is 279 g/mol. The number of piperazine rings is 1. The lowest BCUT2D eigenvalue weighted by molar-refractivity contribution is 0.0608. The highest BCUT2D eigenvalue weighted by molar-refractivity contribution is 5.94. The molecule has 0 saturated carbocycles. The lowest BCUT2D eigenvalue weighted by Crippen LogP contribution is -2.49. The molecule has 2 aliphatic rings. The average Bonchev–Trinajstić information content (AvgIpc) is 2.92. The van der Waals surface area contributed by atoms with E-state index in [4.69, 9.17) is 5.11 Å². The van der Waals surface area contributed by atoms with Gasteiger partial charge in [0.2, 0.25) is 0 Å². The van der Waals surface area contributed by atoms with E-state index in [-0.39, 0.29) is 12.5 Å². The van der Waals surface area contributed by atoms with Gasteiger partial charge in [0.15, 0.2) is 5.69 Å². The first-order chi connectivity index (χ1) is 9.79. The van der Waals surface area contributed by atoms with E-state index in [1.54, 1.807) is 0 Å². The number of nitrogens with one attached hydrogen (secondary N) is 2. The van der Waals surface area contributed by atoms with Crippen molar-refractivity contribution in [2.75, 3.05) is 45.9 Å². The molecule has 0 unspecified atom stereocenters. The van der Waals surface area contributed by atoms with Gasteiger partial charge in [0.25, 0.3) is 5.91 Å². The third-order valence-electron chi connectivity index (χ3n) is 4.08. The van der Waals surface area contributed by atoms with Crippen molar-refractivity contribution in [1.29, 1.82) is 0 Å². The van der Waals surface area contributed by atoms with Crippen LogP contribution in [-0.4, -0.2) is 76.9 Å². The van der Waals surface area contributed by atoms with Gasteiger partial charge in [0, 0.05) is 63.5 Å². The second kappa shape index (κ2) is 5.90. The van der Waals surface area contributed by atoms with Gasteiger partial charge in [-0.05, 0) is 0 Å². The molecular weight excluding hydrogens is 258 g/mol. The summed E-state index contributed by atoms with van der Waals surface area (Å²) in [6.45, 7) is 5.55. The zero-order chi connectivity index (χ0) is 13.9. The molecule has 1 aromatic heterocycles. The van der Waals surface area contributed by atoms with Crippen molar-refractivity contribution in [1.82, 2.24) is 25.3 Å². The highest BCUT2D eigenvalue weighted by atomic mass is 16.3. The molecule has 0 atom stereocenters. The summed E-state index contributed by atoms with van der Waals surface area (Å²) in [5.41, 5.74) is 2.69. The normalized spacial score (nSPS) is 19.9. The lowest BCUT2D eigenvalue weighted by atomic mass is 10.1. The Morgan fingerprint density at radius 3 is 2.85 bits per heavy atom. The summed E-state index contributed by atoms with van der Waals surface area (Å²) in [6.07, 6.45) is 0.903. The van der Waals surface area contributed by atoms with E-state index in [1.165, 1.54) is 0 Å². The van der Waals surface area contributed by atoms with Gasteiger partial charge < -0.3 is 15.3 Å². The number of nitrogens with zero attached hydrogens (tertiary/aromatic N) is 3. The Labute approximate surface area is 117 Å². The fraction of sp³-hybridized carbons (Fsp3) is 0.692. The Kier molecular flexibility index (Phi) is 4.00. The van der Waals surface area contributed by atoms with Crippen molar-refractivity contribution >= 4 is 5.91 Å². The minimum atomic E-state index is 0.0230. The molecule has 0 bridgehead atoms. The van der Waals surface area contributed by atoms with Crippen molar-refractivity contribution in [2.45, 2.75) is 13.0 Å². The number of aromatic nitrogens is 2. The highest BCUT2D eigenvalue weighted by Crippen LogP contribution is 2.17. The summed E-state index contributed by atoms with van der Waals surface area (Å²) < 4.78 is 0. The van der Waals surface area contributed by atoms with Crippen LogP contribution in [-0.2, 0) is 13.0 Å². The van der Waals surface area contributed by atoms with Crippen molar-refractivity contribution in [3.05, 3.63) is 17.0 Å². The molecular formula is C13H21N5O2. The minimum Gasteiger partial charge on any atom is -0.395 e. The molecule has 3 N–H and O–H groups in total. The maximum Gasteiger partial charge on any atom is 0.274 e. The number of β-amino-alcohol motifs (C(OH)–C–C–N with tert-alkyl or cyclic N) is 1. The predicted octanol–water partition coefficient (Wildman–Crippen LogP) is -1.19. The number of hydrogen-bond acceptors (Lipinski definition) is 5. The zero-order valence-corrected chi connectivity index (χ0v) is 11.6. The van der Waals surface area contributed by atoms with Crippen LogP contribution in [0.1, 0.15) is 21.7 Å². The largest absolute Gasteiger partial charge is 0.395 e. The Morgan fingerprint density at radius 1 is 1.30 bits per heavy atom. The van der Waals surface area contributed by atoms with Crippen LogP contribution < -0.4 is 5.32 Å². The molecule has 3 rings (SSSR count). The topological polar surface area (TPSA) is 84.5 Å². The Hall–Kier alpha value is -1.44. The van der Waals surface area contributed by atoms with E-state index in [0.29, 0.717) is 25.3 Å². The Balaban J connectivity index is 1.66. The number of rotatable bonds is 3. The van der Waals surface area contributed by atoms with Gasteiger partial charge in [0.05, 0.1) is 6.61 Å². The summed E-state index contributed by atoms with van der Waals surface area (Å²) >= 11 is 0. The fourth-order valence-electron chi connectivity index (χ4n) is 2.87. The van der Waals surface area contributed by atoms with E-state index < -0.39 is 0 Å². The number of aliphatic hydroxyl groups is 1. The van der Waals surface area contributed by atoms with Gasteiger partial charge in [-0.1, -0.05) is 0 Å². The van der Waals surface area contributed by atoms with E-state index in [1.807, 2.05) is 4.90 Å². The van der Waals surface area contributed by atoms with Gasteiger partial charge in [-0.15, -0.1) is 0 Å². The molecule has 1 fully saturated rings. The summed E-state index contributed by atoms with van der Waals surface area (Å²) in [5.74, 6) is 0.0230. The van der Waals surface area contributed by atoms with Gasteiger partial charge in [-0.25, -0.2) is 0 Å². The molecule has 7 heteroatoms. The summed E-state index contributed by atoms with van der Waals surface area (Å²) in [4.78, 5) is 16.6. The van der Waals surface area contributed by atoms with Gasteiger partial charge >= 0.3 is 0 Å². The number of aromatic amines is 1. The van der Waals surface area contributed by atoms with Crippen LogP contribution in [0.3, 0.4) is 0 Å². The molecule has 1 aromatic rings. The number of hydrogen-bond donors (Lipinski definition) is 3. The third kappa shape index (κ3) is 2.56.